The van der Waals surface area contributed by atoms with Gasteiger partial charge < -0.3 is 20.3 Å². The molecule has 1 aromatic rings. The molecule has 1 aliphatic rings. The lowest BCUT2D eigenvalue weighted by molar-refractivity contribution is -0.140. The Labute approximate surface area is 210 Å². The number of benzene rings is 1. The van der Waals surface area contributed by atoms with Crippen molar-refractivity contribution in [1.82, 2.24) is 10.2 Å². The Morgan fingerprint density at radius 2 is 1.82 bits per heavy atom. The van der Waals surface area contributed by atoms with Crippen molar-refractivity contribution >= 4 is 34.9 Å². The average molecular weight is 488 g/mol. The van der Waals surface area contributed by atoms with E-state index in [0.29, 0.717) is 29.4 Å². The van der Waals surface area contributed by atoms with Gasteiger partial charge >= 0.3 is 5.97 Å². The number of carbonyl (C=O) groups is 2. The van der Waals surface area contributed by atoms with E-state index in [1.165, 1.54) is 32.1 Å². The quantitative estimate of drug-likeness (QED) is 0.199. The maximum atomic E-state index is 13.0. The van der Waals surface area contributed by atoms with Gasteiger partial charge in [0.1, 0.15) is 0 Å². The second-order valence-corrected chi connectivity index (χ2v) is 9.86. The molecule has 0 saturated carbocycles. The van der Waals surface area contributed by atoms with Crippen molar-refractivity contribution in [3.63, 3.8) is 0 Å². The second-order valence-electron chi connectivity index (χ2n) is 9.48. The third-order valence-corrected chi connectivity index (χ3v) is 6.42. The molecule has 2 N–H and O–H groups in total. The number of rotatable bonds is 13. The predicted molar refractivity (Wildman–Crippen MR) is 142 cm³/mol. The van der Waals surface area contributed by atoms with E-state index in [2.05, 4.69) is 17.6 Å². The van der Waals surface area contributed by atoms with Crippen molar-refractivity contribution in [2.75, 3.05) is 19.0 Å². The molecule has 7 heteroatoms. The van der Waals surface area contributed by atoms with Gasteiger partial charge in [-0.3, -0.25) is 4.79 Å². The van der Waals surface area contributed by atoms with Gasteiger partial charge in [-0.05, 0) is 49.2 Å². The van der Waals surface area contributed by atoms with Crippen molar-refractivity contribution < 1.29 is 14.3 Å². The van der Waals surface area contributed by atoms with Crippen LogP contribution in [0.15, 0.2) is 35.5 Å². The Hall–Kier alpha value is -2.41. The SMILES string of the molecule is CCCCCCCCCC(=O)Nc1cccc(C2NC(=S)N(C)C(C)=C2C(=O)OCC(C)C)c1. The Morgan fingerprint density at radius 3 is 2.50 bits per heavy atom. The first-order chi connectivity index (χ1) is 16.2. The van der Waals surface area contributed by atoms with E-state index in [4.69, 9.17) is 17.0 Å². The van der Waals surface area contributed by atoms with Crippen molar-refractivity contribution in [2.45, 2.75) is 85.1 Å². The summed E-state index contributed by atoms with van der Waals surface area (Å²) in [6.07, 6.45) is 8.75. The number of hydrogen-bond donors (Lipinski definition) is 2. The van der Waals surface area contributed by atoms with E-state index in [1.807, 2.05) is 52.1 Å². The molecule has 0 bridgehead atoms. The lowest BCUT2D eigenvalue weighted by Gasteiger charge is -2.35. The molecule has 1 atom stereocenters. The highest BCUT2D eigenvalue weighted by molar-refractivity contribution is 7.80. The Bertz CT molecular complexity index is 882. The second kappa shape index (κ2) is 14.1. The Balaban J connectivity index is 2.06. The van der Waals surface area contributed by atoms with Gasteiger partial charge in [-0.2, -0.15) is 0 Å². The van der Waals surface area contributed by atoms with E-state index in [0.717, 1.165) is 24.1 Å². The summed E-state index contributed by atoms with van der Waals surface area (Å²) >= 11 is 5.48. The van der Waals surface area contributed by atoms with Crippen LogP contribution in [-0.2, 0) is 14.3 Å². The standard InChI is InChI=1S/C27H41N3O3S/c1-6-7-8-9-10-11-12-16-23(31)28-22-15-13-14-21(17-22)25-24(26(32)33-18-19(2)3)20(4)30(5)27(34)29-25/h13-15,17,19,25H,6-12,16,18H2,1-5H3,(H,28,31)(H,29,34). The molecular formula is C27H41N3O3S. The van der Waals surface area contributed by atoms with Crippen LogP contribution in [0.2, 0.25) is 0 Å². The van der Waals surface area contributed by atoms with Crippen LogP contribution >= 0.6 is 12.2 Å². The third-order valence-electron chi connectivity index (χ3n) is 6.03. The van der Waals surface area contributed by atoms with Gasteiger partial charge in [0.2, 0.25) is 5.91 Å². The smallest absolute Gasteiger partial charge is 0.338 e. The minimum atomic E-state index is -0.441. The molecule has 1 heterocycles. The molecule has 6 nitrogen and oxygen atoms in total. The average Bonchev–Trinajstić information content (AvgIpc) is 2.80. The summed E-state index contributed by atoms with van der Waals surface area (Å²) in [4.78, 5) is 27.2. The number of hydrogen-bond acceptors (Lipinski definition) is 4. The number of unbranched alkanes of at least 4 members (excludes halogenated alkanes) is 6. The van der Waals surface area contributed by atoms with Crippen molar-refractivity contribution in [3.05, 3.63) is 41.1 Å². The molecule has 188 valence electrons. The van der Waals surface area contributed by atoms with Gasteiger partial charge in [0.25, 0.3) is 0 Å². The third kappa shape index (κ3) is 8.42. The molecule has 1 aliphatic heterocycles. The monoisotopic (exact) mass is 487 g/mol. The molecule has 0 aliphatic carbocycles. The molecule has 34 heavy (non-hydrogen) atoms. The molecule has 2 rings (SSSR count). The molecule has 0 fully saturated rings. The fourth-order valence-corrected chi connectivity index (χ4v) is 4.19. The van der Waals surface area contributed by atoms with Gasteiger partial charge in [0.15, 0.2) is 5.11 Å². The first kappa shape index (κ1) is 27.8. The van der Waals surface area contributed by atoms with E-state index in [-0.39, 0.29) is 17.8 Å². The van der Waals surface area contributed by atoms with Gasteiger partial charge in [0, 0.05) is 24.9 Å². The summed E-state index contributed by atoms with van der Waals surface area (Å²) in [7, 11) is 1.83. The largest absolute Gasteiger partial charge is 0.462 e. The molecule has 1 aromatic carbocycles. The van der Waals surface area contributed by atoms with Crippen LogP contribution in [0.25, 0.3) is 0 Å². The van der Waals surface area contributed by atoms with Crippen LogP contribution in [0.4, 0.5) is 5.69 Å². The summed E-state index contributed by atoms with van der Waals surface area (Å²) in [6.45, 7) is 8.45. The highest BCUT2D eigenvalue weighted by atomic mass is 32.1. The minimum absolute atomic E-state index is 0.0147. The minimum Gasteiger partial charge on any atom is -0.462 e. The summed E-state index contributed by atoms with van der Waals surface area (Å²) < 4.78 is 5.55. The van der Waals surface area contributed by atoms with E-state index >= 15 is 0 Å². The maximum Gasteiger partial charge on any atom is 0.338 e. The summed E-state index contributed by atoms with van der Waals surface area (Å²) in [6, 6.07) is 7.14. The predicted octanol–water partition coefficient (Wildman–Crippen LogP) is 6.10. The molecule has 1 unspecified atom stereocenters. The highest BCUT2D eigenvalue weighted by Crippen LogP contribution is 2.32. The fraction of sp³-hybridized carbons (Fsp3) is 0.593. The van der Waals surface area contributed by atoms with Gasteiger partial charge in [0.05, 0.1) is 18.2 Å². The number of carbonyl (C=O) groups excluding carboxylic acids is 2. The number of thiocarbonyl (C=S) groups is 1. The highest BCUT2D eigenvalue weighted by Gasteiger charge is 2.33. The lowest BCUT2D eigenvalue weighted by Crippen LogP contribution is -2.46. The van der Waals surface area contributed by atoms with Crippen LogP contribution in [0.1, 0.15) is 90.7 Å². The first-order valence-electron chi connectivity index (χ1n) is 12.6. The Morgan fingerprint density at radius 1 is 1.15 bits per heavy atom. The van der Waals surface area contributed by atoms with Crippen LogP contribution in [0.3, 0.4) is 0 Å². The van der Waals surface area contributed by atoms with Crippen molar-refractivity contribution in [2.24, 2.45) is 5.92 Å². The summed E-state index contributed by atoms with van der Waals surface area (Å²) in [5.74, 6) is -0.0965. The van der Waals surface area contributed by atoms with Crippen molar-refractivity contribution in [3.8, 4) is 0 Å². The number of nitrogens with zero attached hydrogens (tertiary/aromatic N) is 1. The maximum absolute atomic E-state index is 13.0. The lowest BCUT2D eigenvalue weighted by atomic mass is 9.94. The number of nitrogens with one attached hydrogen (secondary N) is 2. The normalized spacial score (nSPS) is 16.0. The zero-order valence-corrected chi connectivity index (χ0v) is 22.2. The first-order valence-corrected chi connectivity index (χ1v) is 13.0. The number of esters is 1. The fourth-order valence-electron chi connectivity index (χ4n) is 3.93. The van der Waals surface area contributed by atoms with Gasteiger partial charge in [-0.1, -0.05) is 71.4 Å². The summed E-state index contributed by atoms with van der Waals surface area (Å²) in [5.41, 5.74) is 2.85. The van der Waals surface area contributed by atoms with E-state index in [1.54, 1.807) is 4.90 Å². The zero-order chi connectivity index (χ0) is 25.1. The van der Waals surface area contributed by atoms with Crippen LogP contribution in [0, 0.1) is 5.92 Å². The Kier molecular flexibility index (Phi) is 11.5. The van der Waals surface area contributed by atoms with Crippen LogP contribution in [-0.4, -0.2) is 35.5 Å². The topological polar surface area (TPSA) is 70.7 Å². The van der Waals surface area contributed by atoms with Crippen LogP contribution in [0.5, 0.6) is 0 Å². The number of allylic oxidation sites excluding steroid dienone is 1. The van der Waals surface area contributed by atoms with Crippen molar-refractivity contribution in [1.29, 1.82) is 0 Å². The zero-order valence-electron chi connectivity index (χ0n) is 21.4. The van der Waals surface area contributed by atoms with Crippen LogP contribution < -0.4 is 10.6 Å². The molecule has 0 spiro atoms. The number of amides is 1. The van der Waals surface area contributed by atoms with Gasteiger partial charge in [-0.25, -0.2) is 4.79 Å². The molecule has 1 amide bonds. The van der Waals surface area contributed by atoms with E-state index in [9.17, 15) is 9.59 Å². The van der Waals surface area contributed by atoms with E-state index < -0.39 is 6.04 Å². The molecule has 0 aromatic heterocycles. The molecule has 0 saturated heterocycles. The molecule has 0 radical (unpaired) electrons. The number of ether oxygens (including phenoxy) is 1. The molecular weight excluding hydrogens is 446 g/mol. The number of anilines is 1. The summed E-state index contributed by atoms with van der Waals surface area (Å²) in [5, 5.41) is 6.80. The van der Waals surface area contributed by atoms with Gasteiger partial charge in [-0.15, -0.1) is 0 Å².